The van der Waals surface area contributed by atoms with Gasteiger partial charge >= 0.3 is 0 Å². The number of hydrogen-bond acceptors (Lipinski definition) is 8. The quantitative estimate of drug-likeness (QED) is 0.579. The van der Waals surface area contributed by atoms with Gasteiger partial charge in [-0.25, -0.2) is 4.98 Å². The van der Waals surface area contributed by atoms with Gasteiger partial charge in [-0.1, -0.05) is 11.6 Å². The Hall–Kier alpha value is -2.94. The number of hydrogen-bond donors (Lipinski definition) is 2. The summed E-state index contributed by atoms with van der Waals surface area (Å²) in [6.45, 7) is 4.83. The summed E-state index contributed by atoms with van der Waals surface area (Å²) in [4.78, 5) is 14.0. The van der Waals surface area contributed by atoms with E-state index >= 15 is 0 Å². The first kappa shape index (κ1) is 19.8. The van der Waals surface area contributed by atoms with Crippen LogP contribution in [0.1, 0.15) is 20.3 Å². The van der Waals surface area contributed by atoms with Crippen molar-refractivity contribution in [3.63, 3.8) is 0 Å². The van der Waals surface area contributed by atoms with E-state index in [1.807, 2.05) is 22.8 Å². The first-order valence-corrected chi connectivity index (χ1v) is 9.57. The average molecular weight is 401 g/mol. The van der Waals surface area contributed by atoms with Crippen LogP contribution in [0.15, 0.2) is 39.9 Å². The highest BCUT2D eigenvalue weighted by atomic mass is 32.2. The van der Waals surface area contributed by atoms with Crippen LogP contribution in [0.2, 0.25) is 0 Å². The van der Waals surface area contributed by atoms with E-state index in [4.69, 9.17) is 20.9 Å². The maximum atomic E-state index is 6.04. The largest absolute Gasteiger partial charge is 0.497 e. The maximum absolute atomic E-state index is 6.04. The summed E-state index contributed by atoms with van der Waals surface area (Å²) in [5, 5.41) is 0.732. The van der Waals surface area contributed by atoms with Gasteiger partial charge in [-0.2, -0.15) is 9.97 Å². The van der Waals surface area contributed by atoms with Gasteiger partial charge < -0.3 is 25.5 Å². The normalized spacial score (nSPS) is 10.9. The Morgan fingerprint density at radius 1 is 1.14 bits per heavy atom. The minimum absolute atomic E-state index is 0.129. The van der Waals surface area contributed by atoms with E-state index in [1.165, 1.54) is 17.3 Å². The molecule has 0 saturated carbocycles. The molecule has 0 aliphatic heterocycles. The van der Waals surface area contributed by atoms with Crippen LogP contribution in [0.25, 0.3) is 11.2 Å². The van der Waals surface area contributed by atoms with Crippen molar-refractivity contribution in [2.24, 2.45) is 0 Å². The van der Waals surface area contributed by atoms with Crippen LogP contribution in [0.3, 0.4) is 0 Å². The number of aryl methyl sites for hydroxylation is 1. The molecule has 0 aliphatic carbocycles. The third-order valence-electron chi connectivity index (χ3n) is 4.08. The molecule has 9 heteroatoms. The monoisotopic (exact) mass is 400 g/mol. The van der Waals surface area contributed by atoms with Crippen molar-refractivity contribution in [3.8, 4) is 11.5 Å². The van der Waals surface area contributed by atoms with Crippen molar-refractivity contribution < 1.29 is 9.47 Å². The molecule has 0 unspecified atom stereocenters. The zero-order chi connectivity index (χ0) is 20.3. The van der Waals surface area contributed by atoms with Crippen molar-refractivity contribution in [2.75, 3.05) is 25.7 Å². The molecule has 4 N–H and O–H groups in total. The van der Waals surface area contributed by atoms with Crippen LogP contribution in [0.4, 0.5) is 11.8 Å². The fraction of sp³-hybridized carbons (Fsp3) is 0.316. The first-order chi connectivity index (χ1) is 13.4. The average Bonchev–Trinajstić information content (AvgIpc) is 2.99. The molecule has 148 valence electrons. The second kappa shape index (κ2) is 8.39. The molecule has 28 heavy (non-hydrogen) atoms. The lowest BCUT2D eigenvalue weighted by atomic mass is 10.3. The van der Waals surface area contributed by atoms with Gasteiger partial charge in [-0.15, -0.1) is 0 Å². The highest BCUT2D eigenvalue weighted by Crippen LogP contribution is 2.38. The molecular weight excluding hydrogens is 376 g/mol. The third-order valence-corrected chi connectivity index (χ3v) is 5.11. The lowest BCUT2D eigenvalue weighted by Crippen LogP contribution is -2.04. The maximum Gasteiger partial charge on any atom is 0.224 e. The fourth-order valence-electron chi connectivity index (χ4n) is 2.74. The summed E-state index contributed by atoms with van der Waals surface area (Å²) >= 11 is 1.46. The van der Waals surface area contributed by atoms with E-state index in [0.29, 0.717) is 17.7 Å². The fourth-order valence-corrected chi connectivity index (χ4v) is 3.79. The van der Waals surface area contributed by atoms with Gasteiger partial charge in [0.2, 0.25) is 5.95 Å². The lowest BCUT2D eigenvalue weighted by molar-refractivity contribution is 0.394. The van der Waals surface area contributed by atoms with Gasteiger partial charge in [0.1, 0.15) is 11.5 Å². The molecule has 0 spiro atoms. The molecule has 0 saturated heterocycles. The van der Waals surface area contributed by atoms with Crippen LogP contribution in [-0.2, 0) is 6.54 Å². The summed E-state index contributed by atoms with van der Waals surface area (Å²) in [6, 6.07) is 5.63. The molecule has 3 rings (SSSR count). The van der Waals surface area contributed by atoms with Crippen LogP contribution in [-0.4, -0.2) is 33.7 Å². The Morgan fingerprint density at radius 2 is 1.93 bits per heavy atom. The van der Waals surface area contributed by atoms with Gasteiger partial charge in [0.05, 0.1) is 19.1 Å². The topological polar surface area (TPSA) is 114 Å². The molecule has 8 nitrogen and oxygen atoms in total. The number of imidazole rings is 1. The molecular formula is C19H24N6O2S. The molecule has 0 bridgehead atoms. The predicted octanol–water partition coefficient (Wildman–Crippen LogP) is 3.52. The molecule has 1 aromatic carbocycles. The lowest BCUT2D eigenvalue weighted by Gasteiger charge is -2.11. The minimum atomic E-state index is 0.129. The Kier molecular flexibility index (Phi) is 5.93. The van der Waals surface area contributed by atoms with E-state index in [2.05, 4.69) is 34.9 Å². The van der Waals surface area contributed by atoms with E-state index in [1.54, 1.807) is 14.2 Å². The molecule has 0 aliphatic rings. The Balaban J connectivity index is 2.09. The van der Waals surface area contributed by atoms with E-state index < -0.39 is 0 Å². The number of rotatable bonds is 7. The Morgan fingerprint density at radius 3 is 2.61 bits per heavy atom. The number of ether oxygens (including phenoxy) is 2. The minimum Gasteiger partial charge on any atom is -0.497 e. The Bertz CT molecular complexity index is 1030. The third kappa shape index (κ3) is 4.14. The number of anilines is 2. The van der Waals surface area contributed by atoms with Crippen molar-refractivity contribution in [1.82, 2.24) is 19.5 Å². The summed E-state index contributed by atoms with van der Waals surface area (Å²) in [7, 11) is 3.26. The Labute approximate surface area is 168 Å². The van der Waals surface area contributed by atoms with E-state index in [-0.39, 0.29) is 11.8 Å². The predicted molar refractivity (Wildman–Crippen MR) is 112 cm³/mol. The number of fused-ring (bicyclic) bond motifs is 1. The highest BCUT2D eigenvalue weighted by molar-refractivity contribution is 7.99. The van der Waals surface area contributed by atoms with E-state index in [0.717, 1.165) is 28.0 Å². The van der Waals surface area contributed by atoms with Crippen LogP contribution >= 0.6 is 11.8 Å². The number of nitrogen functional groups attached to an aromatic ring is 2. The summed E-state index contributed by atoms with van der Waals surface area (Å²) in [6.07, 6.45) is 3.00. The van der Waals surface area contributed by atoms with Crippen molar-refractivity contribution in [3.05, 3.63) is 29.8 Å². The van der Waals surface area contributed by atoms with Gasteiger partial charge in [0.25, 0.3) is 0 Å². The smallest absolute Gasteiger partial charge is 0.224 e. The standard InChI is InChI=1S/C19H24N6O2S/c1-11(2)6-5-9-25-17-15(16(20)23-18(21)24-17)22-19(25)28-14-10-12(26-3)7-8-13(14)27-4/h6-8,10H,5,9H2,1-4H3,(H4,20,21,23,24). The SMILES string of the molecule is COc1ccc(OC)c(Sc2nc3c(N)nc(N)nc3n2CCC=C(C)C)c1. The van der Waals surface area contributed by atoms with Crippen LogP contribution in [0.5, 0.6) is 11.5 Å². The van der Waals surface area contributed by atoms with Gasteiger partial charge in [-0.3, -0.25) is 0 Å². The zero-order valence-electron chi connectivity index (χ0n) is 16.4. The number of allylic oxidation sites excluding steroid dienone is 2. The van der Waals surface area contributed by atoms with Gasteiger partial charge in [0.15, 0.2) is 22.1 Å². The second-order valence-electron chi connectivity index (χ2n) is 6.37. The number of aromatic nitrogens is 4. The summed E-state index contributed by atoms with van der Waals surface area (Å²) < 4.78 is 12.8. The molecule has 0 fully saturated rings. The van der Waals surface area contributed by atoms with E-state index in [9.17, 15) is 0 Å². The van der Waals surface area contributed by atoms with Crippen LogP contribution in [0, 0.1) is 0 Å². The number of methoxy groups -OCH3 is 2. The molecule has 0 amide bonds. The molecule has 3 aromatic rings. The number of nitrogens with two attached hydrogens (primary N) is 2. The number of nitrogens with zero attached hydrogens (tertiary/aromatic N) is 4. The first-order valence-electron chi connectivity index (χ1n) is 8.75. The van der Waals surface area contributed by atoms with Gasteiger partial charge in [-0.05, 0) is 50.2 Å². The molecule has 2 heterocycles. The van der Waals surface area contributed by atoms with Crippen molar-refractivity contribution >= 4 is 34.7 Å². The molecule has 0 radical (unpaired) electrons. The number of benzene rings is 1. The molecule has 2 aromatic heterocycles. The van der Waals surface area contributed by atoms with Gasteiger partial charge in [0, 0.05) is 6.54 Å². The molecule has 0 atom stereocenters. The highest BCUT2D eigenvalue weighted by Gasteiger charge is 2.18. The summed E-state index contributed by atoms with van der Waals surface area (Å²) in [5.41, 5.74) is 14.3. The van der Waals surface area contributed by atoms with Crippen LogP contribution < -0.4 is 20.9 Å². The summed E-state index contributed by atoms with van der Waals surface area (Å²) in [5.74, 6) is 1.86. The zero-order valence-corrected chi connectivity index (χ0v) is 17.2. The van der Waals surface area contributed by atoms with Crippen molar-refractivity contribution in [2.45, 2.75) is 36.9 Å². The second-order valence-corrected chi connectivity index (χ2v) is 7.38. The van der Waals surface area contributed by atoms with Crippen molar-refractivity contribution in [1.29, 1.82) is 0 Å².